The maximum absolute atomic E-state index is 2.66. The zero-order valence-corrected chi connectivity index (χ0v) is 15.0. The van der Waals surface area contributed by atoms with Gasteiger partial charge in [0.1, 0.15) is 0 Å². The van der Waals surface area contributed by atoms with Crippen LogP contribution in [0.25, 0.3) is 0 Å². The first-order valence-corrected chi connectivity index (χ1v) is 9.96. The summed E-state index contributed by atoms with van der Waals surface area (Å²) >= 11 is 0. The molecule has 9 atom stereocenters. The molecule has 0 amide bonds. The highest BCUT2D eigenvalue weighted by atomic mass is 14.8. The molecule has 4 saturated carbocycles. The van der Waals surface area contributed by atoms with Crippen molar-refractivity contribution in [3.05, 3.63) is 0 Å². The van der Waals surface area contributed by atoms with Crippen LogP contribution in [0.15, 0.2) is 0 Å². The molecule has 0 spiro atoms. The largest absolute Gasteiger partial charge is 0.0654 e. The fourth-order valence-corrected chi connectivity index (χ4v) is 7.24. The van der Waals surface area contributed by atoms with Gasteiger partial charge < -0.3 is 0 Å². The van der Waals surface area contributed by atoms with Gasteiger partial charge in [-0.3, -0.25) is 0 Å². The molecule has 0 heterocycles. The first kappa shape index (κ1) is 14.6. The Bertz CT molecular complexity index is 426. The first-order valence-electron chi connectivity index (χ1n) is 9.96. The molecule has 0 bridgehead atoms. The van der Waals surface area contributed by atoms with Gasteiger partial charge in [-0.2, -0.15) is 0 Å². The third-order valence-corrected chi connectivity index (χ3v) is 9.16. The van der Waals surface area contributed by atoms with Crippen LogP contribution in [0.3, 0.4) is 0 Å². The monoisotopic (exact) mass is 288 g/mol. The van der Waals surface area contributed by atoms with Crippen LogP contribution < -0.4 is 0 Å². The molecule has 0 nitrogen and oxygen atoms in total. The van der Waals surface area contributed by atoms with Crippen molar-refractivity contribution in [2.24, 2.45) is 52.3 Å². The van der Waals surface area contributed by atoms with Gasteiger partial charge in [-0.25, -0.2) is 0 Å². The summed E-state index contributed by atoms with van der Waals surface area (Å²) in [6.07, 6.45) is 10.6. The van der Waals surface area contributed by atoms with Gasteiger partial charge in [0, 0.05) is 0 Å². The van der Waals surface area contributed by atoms with E-state index in [1.807, 2.05) is 0 Å². The molecule has 21 heavy (non-hydrogen) atoms. The summed E-state index contributed by atoms with van der Waals surface area (Å²) in [5.41, 5.74) is 1.55. The van der Waals surface area contributed by atoms with Gasteiger partial charge in [-0.1, -0.05) is 53.9 Å². The Morgan fingerprint density at radius 2 is 1.95 bits per heavy atom. The second kappa shape index (κ2) is 4.51. The minimum atomic E-state index is 0.685. The molecular formula is C21H36. The van der Waals surface area contributed by atoms with Crippen LogP contribution in [-0.2, 0) is 0 Å². The van der Waals surface area contributed by atoms with Gasteiger partial charge >= 0.3 is 0 Å². The second-order valence-electron chi connectivity index (χ2n) is 9.80. The summed E-state index contributed by atoms with van der Waals surface area (Å²) in [7, 11) is 0. The Morgan fingerprint density at radius 3 is 2.52 bits per heavy atom. The van der Waals surface area contributed by atoms with E-state index in [2.05, 4.69) is 34.6 Å². The highest BCUT2D eigenvalue weighted by Gasteiger charge is 2.78. The molecule has 4 aliphatic carbocycles. The van der Waals surface area contributed by atoms with Crippen LogP contribution >= 0.6 is 0 Å². The lowest BCUT2D eigenvalue weighted by molar-refractivity contribution is 0.220. The number of hydrogen-bond donors (Lipinski definition) is 0. The molecule has 0 aromatic carbocycles. The maximum atomic E-state index is 2.66. The summed E-state index contributed by atoms with van der Waals surface area (Å²) in [6.45, 7) is 12.7. The molecule has 0 heteroatoms. The quantitative estimate of drug-likeness (QED) is 0.549. The summed E-state index contributed by atoms with van der Waals surface area (Å²) in [6, 6.07) is 0. The Labute approximate surface area is 132 Å². The minimum Gasteiger partial charge on any atom is -0.0654 e. The van der Waals surface area contributed by atoms with Crippen molar-refractivity contribution in [2.75, 3.05) is 0 Å². The van der Waals surface area contributed by atoms with Gasteiger partial charge in [-0.15, -0.1) is 0 Å². The van der Waals surface area contributed by atoms with Crippen molar-refractivity contribution in [3.8, 4) is 0 Å². The summed E-state index contributed by atoms with van der Waals surface area (Å²) in [5, 5.41) is 0. The van der Waals surface area contributed by atoms with Crippen molar-refractivity contribution < 1.29 is 0 Å². The zero-order valence-electron chi connectivity index (χ0n) is 15.0. The second-order valence-corrected chi connectivity index (χ2v) is 9.80. The number of rotatable bonds is 6. The molecule has 0 saturated heterocycles. The van der Waals surface area contributed by atoms with Crippen molar-refractivity contribution in [2.45, 2.75) is 79.6 Å². The lowest BCUT2D eigenvalue weighted by Crippen LogP contribution is -2.20. The van der Waals surface area contributed by atoms with Gasteiger partial charge in [-0.05, 0) is 77.9 Å². The molecule has 4 rings (SSSR count). The van der Waals surface area contributed by atoms with Crippen LogP contribution in [0.1, 0.15) is 79.6 Å². The van der Waals surface area contributed by atoms with Gasteiger partial charge in [0.2, 0.25) is 0 Å². The van der Waals surface area contributed by atoms with Crippen molar-refractivity contribution >= 4 is 0 Å². The molecule has 0 radical (unpaired) electrons. The van der Waals surface area contributed by atoms with Crippen LogP contribution in [-0.4, -0.2) is 0 Å². The smallest absolute Gasteiger partial charge is 0.0229 e. The van der Waals surface area contributed by atoms with E-state index in [4.69, 9.17) is 0 Å². The van der Waals surface area contributed by atoms with Crippen LogP contribution in [0.2, 0.25) is 0 Å². The topological polar surface area (TPSA) is 0 Å². The number of fused-ring (bicyclic) bond motifs is 1. The highest BCUT2D eigenvalue weighted by Crippen LogP contribution is 2.85. The predicted molar refractivity (Wildman–Crippen MR) is 90.0 cm³/mol. The lowest BCUT2D eigenvalue weighted by atomic mass is 9.78. The molecule has 0 aliphatic heterocycles. The van der Waals surface area contributed by atoms with E-state index >= 15 is 0 Å². The van der Waals surface area contributed by atoms with Crippen molar-refractivity contribution in [1.82, 2.24) is 0 Å². The SMILES string of the molecule is CCCC1C2CC12CC(C)C1(C)C(C)C1C1CCCC1C. The third-order valence-electron chi connectivity index (χ3n) is 9.16. The Kier molecular flexibility index (Phi) is 3.13. The van der Waals surface area contributed by atoms with Crippen LogP contribution in [0.5, 0.6) is 0 Å². The Hall–Kier alpha value is 0. The fourth-order valence-electron chi connectivity index (χ4n) is 7.24. The minimum absolute atomic E-state index is 0.685. The van der Waals surface area contributed by atoms with Crippen molar-refractivity contribution in [3.63, 3.8) is 0 Å². The maximum Gasteiger partial charge on any atom is -0.0229 e. The van der Waals surface area contributed by atoms with E-state index in [1.165, 1.54) is 38.0 Å². The molecule has 9 unspecified atom stereocenters. The van der Waals surface area contributed by atoms with Gasteiger partial charge in [0.05, 0.1) is 0 Å². The fraction of sp³-hybridized carbons (Fsp3) is 1.00. The first-order chi connectivity index (χ1) is 9.96. The summed E-state index contributed by atoms with van der Waals surface area (Å²) in [4.78, 5) is 0. The Balaban J connectivity index is 1.40. The van der Waals surface area contributed by atoms with Gasteiger partial charge in [0.15, 0.2) is 0 Å². The third kappa shape index (κ3) is 1.86. The number of hydrogen-bond acceptors (Lipinski definition) is 0. The van der Waals surface area contributed by atoms with Gasteiger partial charge in [0.25, 0.3) is 0 Å². The molecular weight excluding hydrogens is 252 g/mol. The summed E-state index contributed by atoms with van der Waals surface area (Å²) in [5.74, 6) is 7.40. The van der Waals surface area contributed by atoms with E-state index in [-0.39, 0.29) is 0 Å². The van der Waals surface area contributed by atoms with E-state index in [9.17, 15) is 0 Å². The standard InChI is InChI=1S/C21H36/c1-6-8-17-18-12-21(17,18)11-14(3)20(5)15(4)19(20)16-10-7-9-13(16)2/h13-19H,6-12H2,1-5H3. The normalized spacial score (nSPS) is 58.7. The average molecular weight is 289 g/mol. The Morgan fingerprint density at radius 1 is 1.19 bits per heavy atom. The van der Waals surface area contributed by atoms with E-state index in [0.29, 0.717) is 5.41 Å². The predicted octanol–water partition coefficient (Wildman–Crippen LogP) is 6.16. The van der Waals surface area contributed by atoms with Crippen LogP contribution in [0.4, 0.5) is 0 Å². The van der Waals surface area contributed by atoms with Crippen molar-refractivity contribution in [1.29, 1.82) is 0 Å². The zero-order chi connectivity index (χ0) is 15.0. The van der Waals surface area contributed by atoms with Crippen LogP contribution in [0, 0.1) is 52.3 Å². The lowest BCUT2D eigenvalue weighted by Gasteiger charge is -2.27. The molecule has 0 N–H and O–H groups in total. The van der Waals surface area contributed by atoms with E-state index in [1.54, 1.807) is 12.8 Å². The summed E-state index contributed by atoms with van der Waals surface area (Å²) < 4.78 is 0. The highest BCUT2D eigenvalue weighted by molar-refractivity contribution is 5.26. The van der Waals surface area contributed by atoms with E-state index < -0.39 is 0 Å². The molecule has 0 aromatic rings. The average Bonchev–Trinajstić information content (AvgIpc) is 3.34. The molecule has 120 valence electrons. The molecule has 0 aromatic heterocycles. The molecule has 4 fully saturated rings. The van der Waals surface area contributed by atoms with E-state index in [0.717, 1.165) is 40.9 Å². The molecule has 4 aliphatic rings.